The topological polar surface area (TPSA) is 42.2 Å². The fourth-order valence-corrected chi connectivity index (χ4v) is 3.45. The van der Waals surface area contributed by atoms with Crippen LogP contribution in [0, 0.1) is 0 Å². The molecule has 21 heavy (non-hydrogen) atoms. The number of amides is 1. The lowest BCUT2D eigenvalue weighted by molar-refractivity contribution is -0.119. The summed E-state index contributed by atoms with van der Waals surface area (Å²) in [5, 5.41) is 2.95. The van der Waals surface area contributed by atoms with Gasteiger partial charge in [0.25, 0.3) is 0 Å². The zero-order valence-electron chi connectivity index (χ0n) is 12.1. The van der Waals surface area contributed by atoms with Crippen molar-refractivity contribution < 1.29 is 9.21 Å². The molecule has 1 amide bonds. The molecule has 1 aliphatic rings. The highest BCUT2D eigenvalue weighted by atomic mass is 32.2. The third-order valence-electron chi connectivity index (χ3n) is 3.79. The number of hydrogen-bond donors (Lipinski definition) is 1. The Morgan fingerprint density at radius 2 is 2.19 bits per heavy atom. The molecule has 3 rings (SSSR count). The summed E-state index contributed by atoms with van der Waals surface area (Å²) >= 11 is 1.59. The van der Waals surface area contributed by atoms with E-state index in [0.717, 1.165) is 5.76 Å². The summed E-state index contributed by atoms with van der Waals surface area (Å²) in [5.41, 5.74) is 2.92. The summed E-state index contributed by atoms with van der Waals surface area (Å²) in [6.07, 6.45) is 5.24. The van der Waals surface area contributed by atoms with Crippen LogP contribution in [0.25, 0.3) is 0 Å². The maximum Gasteiger partial charge on any atom is 0.230 e. The predicted octanol–water partition coefficient (Wildman–Crippen LogP) is 3.74. The van der Waals surface area contributed by atoms with Crippen molar-refractivity contribution in [1.82, 2.24) is 5.32 Å². The number of hydrogen-bond acceptors (Lipinski definition) is 3. The molecule has 3 nitrogen and oxygen atoms in total. The number of carbonyl (C=O) groups excluding carboxylic acids is 1. The maximum atomic E-state index is 12.0. The molecule has 1 atom stereocenters. The Morgan fingerprint density at radius 1 is 1.33 bits per heavy atom. The number of thioether (sulfide) groups is 1. The standard InChI is InChI=1S/C17H19NO2S/c1-12(16-6-3-9-20-16)18-17(19)11-21-15-8-7-13-4-2-5-14(13)10-15/h3,6-10,12H,2,4-5,11H2,1H3,(H,18,19)/t12-/m0/s1. The van der Waals surface area contributed by atoms with Crippen molar-refractivity contribution in [3.8, 4) is 0 Å². The van der Waals surface area contributed by atoms with Gasteiger partial charge in [0.1, 0.15) is 5.76 Å². The zero-order chi connectivity index (χ0) is 14.7. The van der Waals surface area contributed by atoms with Gasteiger partial charge in [-0.1, -0.05) is 6.07 Å². The molecule has 0 saturated heterocycles. The van der Waals surface area contributed by atoms with Gasteiger partial charge in [0.2, 0.25) is 5.91 Å². The molecule has 110 valence electrons. The average Bonchev–Trinajstić information content (AvgIpc) is 3.15. The Bertz CT molecular complexity index is 622. The number of nitrogens with one attached hydrogen (secondary N) is 1. The minimum absolute atomic E-state index is 0.0319. The molecule has 0 bridgehead atoms. The van der Waals surface area contributed by atoms with Crippen LogP contribution in [0.15, 0.2) is 45.9 Å². The van der Waals surface area contributed by atoms with Gasteiger partial charge in [0.05, 0.1) is 18.1 Å². The summed E-state index contributed by atoms with van der Waals surface area (Å²) in [6.45, 7) is 1.93. The summed E-state index contributed by atoms with van der Waals surface area (Å²) < 4.78 is 5.29. The van der Waals surface area contributed by atoms with E-state index in [4.69, 9.17) is 4.42 Å². The molecule has 1 N–H and O–H groups in total. The van der Waals surface area contributed by atoms with Crippen LogP contribution in [0.4, 0.5) is 0 Å². The van der Waals surface area contributed by atoms with Crippen LogP contribution in [-0.2, 0) is 17.6 Å². The van der Waals surface area contributed by atoms with Crippen molar-refractivity contribution in [2.45, 2.75) is 37.1 Å². The van der Waals surface area contributed by atoms with Crippen LogP contribution in [-0.4, -0.2) is 11.7 Å². The van der Waals surface area contributed by atoms with Gasteiger partial charge in [0, 0.05) is 4.90 Å². The number of fused-ring (bicyclic) bond motifs is 1. The Morgan fingerprint density at radius 3 is 3.00 bits per heavy atom. The first-order valence-corrected chi connectivity index (χ1v) is 8.28. The first kappa shape index (κ1) is 14.3. The molecule has 2 aromatic rings. The molecule has 1 aromatic heterocycles. The summed E-state index contributed by atoms with van der Waals surface area (Å²) in [5.74, 6) is 1.25. The fourth-order valence-electron chi connectivity index (χ4n) is 2.68. The summed E-state index contributed by atoms with van der Waals surface area (Å²) in [4.78, 5) is 13.2. The molecule has 0 spiro atoms. The van der Waals surface area contributed by atoms with Crippen molar-refractivity contribution in [2.75, 3.05) is 5.75 Å². The predicted molar refractivity (Wildman–Crippen MR) is 84.5 cm³/mol. The van der Waals surface area contributed by atoms with E-state index in [0.29, 0.717) is 5.75 Å². The highest BCUT2D eigenvalue weighted by Crippen LogP contribution is 2.27. The van der Waals surface area contributed by atoms with Crippen molar-refractivity contribution in [3.63, 3.8) is 0 Å². The van der Waals surface area contributed by atoms with Gasteiger partial charge in [-0.25, -0.2) is 0 Å². The first-order valence-electron chi connectivity index (χ1n) is 7.30. The van der Waals surface area contributed by atoms with Gasteiger partial charge < -0.3 is 9.73 Å². The van der Waals surface area contributed by atoms with E-state index in [-0.39, 0.29) is 11.9 Å². The first-order chi connectivity index (χ1) is 10.2. The van der Waals surface area contributed by atoms with Crippen molar-refractivity contribution >= 4 is 17.7 Å². The molecular formula is C17H19NO2S. The van der Waals surface area contributed by atoms with Crippen LogP contribution in [0.5, 0.6) is 0 Å². The van der Waals surface area contributed by atoms with Crippen LogP contribution < -0.4 is 5.32 Å². The quantitative estimate of drug-likeness (QED) is 0.856. The smallest absolute Gasteiger partial charge is 0.230 e. The van der Waals surface area contributed by atoms with E-state index < -0.39 is 0 Å². The molecular weight excluding hydrogens is 282 g/mol. The lowest BCUT2D eigenvalue weighted by Gasteiger charge is -2.11. The van der Waals surface area contributed by atoms with Gasteiger partial charge in [-0.3, -0.25) is 4.79 Å². The second kappa shape index (κ2) is 6.39. The van der Waals surface area contributed by atoms with Crippen molar-refractivity contribution in [1.29, 1.82) is 0 Å². The Kier molecular flexibility index (Phi) is 4.34. The second-order valence-corrected chi connectivity index (χ2v) is 6.43. The normalized spacial score (nSPS) is 14.7. The minimum atomic E-state index is -0.0897. The number of carbonyl (C=O) groups is 1. The molecule has 1 aromatic carbocycles. The van der Waals surface area contributed by atoms with Crippen molar-refractivity contribution in [2.24, 2.45) is 0 Å². The zero-order valence-corrected chi connectivity index (χ0v) is 12.9. The van der Waals surface area contributed by atoms with E-state index in [1.54, 1.807) is 18.0 Å². The highest BCUT2D eigenvalue weighted by Gasteiger charge is 2.14. The van der Waals surface area contributed by atoms with E-state index in [9.17, 15) is 4.79 Å². The number of aryl methyl sites for hydroxylation is 2. The van der Waals surface area contributed by atoms with Gasteiger partial charge in [0.15, 0.2) is 0 Å². The second-order valence-electron chi connectivity index (χ2n) is 5.38. The molecule has 0 saturated carbocycles. The maximum absolute atomic E-state index is 12.0. The minimum Gasteiger partial charge on any atom is -0.467 e. The lowest BCUT2D eigenvalue weighted by Crippen LogP contribution is -2.27. The fraction of sp³-hybridized carbons (Fsp3) is 0.353. The van der Waals surface area contributed by atoms with E-state index in [2.05, 4.69) is 23.5 Å². The van der Waals surface area contributed by atoms with E-state index in [1.165, 1.54) is 35.3 Å². The van der Waals surface area contributed by atoms with E-state index in [1.807, 2.05) is 19.1 Å². The molecule has 0 radical (unpaired) electrons. The average molecular weight is 301 g/mol. The molecule has 0 aliphatic heterocycles. The Labute approximate surface area is 129 Å². The molecule has 1 heterocycles. The third kappa shape index (κ3) is 3.50. The van der Waals surface area contributed by atoms with Crippen LogP contribution in [0.3, 0.4) is 0 Å². The van der Waals surface area contributed by atoms with Gasteiger partial charge in [-0.15, -0.1) is 11.8 Å². The largest absolute Gasteiger partial charge is 0.467 e. The molecule has 0 unspecified atom stereocenters. The van der Waals surface area contributed by atoms with Gasteiger partial charge >= 0.3 is 0 Å². The van der Waals surface area contributed by atoms with Crippen molar-refractivity contribution in [3.05, 3.63) is 53.5 Å². The van der Waals surface area contributed by atoms with Crippen LogP contribution in [0.2, 0.25) is 0 Å². The monoisotopic (exact) mass is 301 g/mol. The van der Waals surface area contributed by atoms with E-state index >= 15 is 0 Å². The number of furan rings is 1. The number of benzene rings is 1. The van der Waals surface area contributed by atoms with Crippen LogP contribution in [0.1, 0.15) is 36.3 Å². The summed E-state index contributed by atoms with van der Waals surface area (Å²) in [7, 11) is 0. The highest BCUT2D eigenvalue weighted by molar-refractivity contribution is 8.00. The van der Waals surface area contributed by atoms with Crippen LogP contribution >= 0.6 is 11.8 Å². The lowest BCUT2D eigenvalue weighted by atomic mass is 10.1. The molecule has 4 heteroatoms. The number of rotatable bonds is 5. The summed E-state index contributed by atoms with van der Waals surface area (Å²) in [6, 6.07) is 10.2. The van der Waals surface area contributed by atoms with Gasteiger partial charge in [-0.05, 0) is 61.6 Å². The molecule has 0 fully saturated rings. The third-order valence-corrected chi connectivity index (χ3v) is 4.78. The molecule has 1 aliphatic carbocycles. The SMILES string of the molecule is C[C@H](NC(=O)CSc1ccc2c(c1)CCC2)c1ccco1. The Hall–Kier alpha value is -1.68. The van der Waals surface area contributed by atoms with Gasteiger partial charge in [-0.2, -0.15) is 0 Å². The Balaban J connectivity index is 1.52.